The summed E-state index contributed by atoms with van der Waals surface area (Å²) >= 11 is 0. The standard InChI is InChI=1S/C12H14BNO6.C5H10O4/c1-7(16)14-9-4-8(6-19-12(13)18)2-3-10(9)20-11(17)5-15;1-3(6)4(9-2)5(7)8/h2-4,11,15,17H,5-6H2,1H3,(H,14,16);3-4,6H,1-2H3,(H,7,8)/t11-;/m1./s1. The summed E-state index contributed by atoms with van der Waals surface area (Å²) < 4.78 is 14.1. The number of nitrogens with one attached hydrogen (secondary N) is 1. The lowest BCUT2D eigenvalue weighted by molar-refractivity contribution is -0.154. The van der Waals surface area contributed by atoms with E-state index < -0.39 is 36.9 Å². The molecule has 0 bridgehead atoms. The van der Waals surface area contributed by atoms with Crippen LogP contribution in [0.5, 0.6) is 5.75 Å². The molecule has 11 nitrogen and oxygen atoms in total. The van der Waals surface area contributed by atoms with Crippen LogP contribution in [0.25, 0.3) is 0 Å². The molecule has 1 aromatic carbocycles. The van der Waals surface area contributed by atoms with E-state index in [4.69, 9.17) is 27.9 Å². The van der Waals surface area contributed by atoms with Gasteiger partial charge in [-0.15, -0.1) is 0 Å². The molecule has 0 fully saturated rings. The first-order chi connectivity index (χ1) is 13.5. The van der Waals surface area contributed by atoms with Gasteiger partial charge < -0.3 is 40.0 Å². The Morgan fingerprint density at radius 1 is 1.24 bits per heavy atom. The summed E-state index contributed by atoms with van der Waals surface area (Å²) in [4.78, 5) is 31.7. The van der Waals surface area contributed by atoms with Crippen LogP contribution in [0.15, 0.2) is 18.2 Å². The van der Waals surface area contributed by atoms with Crippen molar-refractivity contribution in [3.05, 3.63) is 23.8 Å². The van der Waals surface area contributed by atoms with E-state index in [-0.39, 0.29) is 24.0 Å². The summed E-state index contributed by atoms with van der Waals surface area (Å²) in [5.74, 6) is -2.24. The van der Waals surface area contributed by atoms with E-state index in [1.54, 1.807) is 6.07 Å². The van der Waals surface area contributed by atoms with Crippen LogP contribution in [0.3, 0.4) is 0 Å². The third-order valence-electron chi connectivity index (χ3n) is 3.09. The highest BCUT2D eigenvalue weighted by Gasteiger charge is 2.21. The number of aliphatic hydroxyl groups is 3. The highest BCUT2D eigenvalue weighted by molar-refractivity contribution is 6.55. The van der Waals surface area contributed by atoms with Crippen molar-refractivity contribution in [2.24, 2.45) is 0 Å². The quantitative estimate of drug-likeness (QED) is 0.265. The molecular formula is C17H24BNO10. The number of aliphatic hydroxyl groups excluding tert-OH is 3. The zero-order valence-corrected chi connectivity index (χ0v) is 16.2. The van der Waals surface area contributed by atoms with Crippen LogP contribution < -0.4 is 10.1 Å². The van der Waals surface area contributed by atoms with Crippen molar-refractivity contribution in [3.8, 4) is 5.75 Å². The van der Waals surface area contributed by atoms with Gasteiger partial charge in [0, 0.05) is 14.0 Å². The molecule has 0 aliphatic rings. The maximum atomic E-state index is 11.1. The van der Waals surface area contributed by atoms with Crippen LogP contribution >= 0.6 is 0 Å². The summed E-state index contributed by atoms with van der Waals surface area (Å²) in [7, 11) is 6.10. The molecule has 0 aromatic heterocycles. The third kappa shape index (κ3) is 11.0. The number of aliphatic carboxylic acids is 1. The Morgan fingerprint density at radius 3 is 2.24 bits per heavy atom. The minimum Gasteiger partial charge on any atom is -0.479 e. The average Bonchev–Trinajstić information content (AvgIpc) is 2.61. The van der Waals surface area contributed by atoms with E-state index in [0.29, 0.717) is 5.56 Å². The summed E-state index contributed by atoms with van der Waals surface area (Å²) in [6, 6.07) is 4.53. The smallest absolute Gasteiger partial charge is 0.335 e. The van der Waals surface area contributed by atoms with Gasteiger partial charge in [0.1, 0.15) is 19.0 Å². The molecule has 2 unspecified atom stereocenters. The molecule has 1 rings (SSSR count). The lowest BCUT2D eigenvalue weighted by atomic mass is 10.1. The molecule has 1 aromatic rings. The molecule has 160 valence electrons. The fourth-order valence-corrected chi connectivity index (χ4v) is 1.90. The van der Waals surface area contributed by atoms with Crippen LogP contribution in [0.2, 0.25) is 0 Å². The maximum absolute atomic E-state index is 11.1. The summed E-state index contributed by atoms with van der Waals surface area (Å²) in [5, 5.41) is 37.4. The second-order valence-corrected chi connectivity index (χ2v) is 5.61. The van der Waals surface area contributed by atoms with Gasteiger partial charge in [0.05, 0.1) is 11.8 Å². The Labute approximate surface area is 168 Å². The third-order valence-corrected chi connectivity index (χ3v) is 3.09. The van der Waals surface area contributed by atoms with Crippen LogP contribution in [-0.2, 0) is 25.7 Å². The Kier molecular flexibility index (Phi) is 12.3. The molecule has 12 heteroatoms. The highest BCUT2D eigenvalue weighted by atomic mass is 16.6. The highest BCUT2D eigenvalue weighted by Crippen LogP contribution is 2.27. The van der Waals surface area contributed by atoms with Gasteiger partial charge in [-0.25, -0.2) is 4.79 Å². The van der Waals surface area contributed by atoms with Gasteiger partial charge in [0.2, 0.25) is 25.9 Å². The molecule has 0 aliphatic carbocycles. The van der Waals surface area contributed by atoms with Crippen molar-refractivity contribution in [2.75, 3.05) is 19.0 Å². The lowest BCUT2D eigenvalue weighted by Crippen LogP contribution is -2.33. The second-order valence-electron chi connectivity index (χ2n) is 5.61. The molecule has 0 heterocycles. The Bertz CT molecular complexity index is 682. The summed E-state index contributed by atoms with van der Waals surface area (Å²) in [6.07, 6.45) is -3.48. The predicted octanol–water partition coefficient (Wildman–Crippen LogP) is -0.394. The zero-order chi connectivity index (χ0) is 22.6. The van der Waals surface area contributed by atoms with Crippen LogP contribution in [-0.4, -0.2) is 78.2 Å². The fraction of sp³-hybridized carbons (Fsp3) is 0.471. The molecular weight excluding hydrogens is 389 g/mol. The fourth-order valence-electron chi connectivity index (χ4n) is 1.90. The van der Waals surface area contributed by atoms with E-state index in [9.17, 15) is 19.5 Å². The topological polar surface area (TPSA) is 172 Å². The maximum Gasteiger partial charge on any atom is 0.335 e. The first kappa shape index (κ1) is 26.3. The zero-order valence-electron chi connectivity index (χ0n) is 16.2. The Morgan fingerprint density at radius 2 is 1.86 bits per heavy atom. The first-order valence-electron chi connectivity index (χ1n) is 8.23. The molecule has 0 spiro atoms. The van der Waals surface area contributed by atoms with E-state index >= 15 is 0 Å². The molecule has 0 saturated carbocycles. The molecule has 2 radical (unpaired) electrons. The van der Waals surface area contributed by atoms with Crippen LogP contribution in [0, 0.1) is 0 Å². The van der Waals surface area contributed by atoms with Crippen molar-refractivity contribution in [1.82, 2.24) is 0 Å². The minimum absolute atomic E-state index is 0.0647. The van der Waals surface area contributed by atoms with Gasteiger partial charge in [0.25, 0.3) is 0 Å². The van der Waals surface area contributed by atoms with Gasteiger partial charge in [-0.1, -0.05) is 6.07 Å². The monoisotopic (exact) mass is 413 g/mol. The number of carboxylic acid groups (broad SMARTS) is 1. The molecule has 0 saturated heterocycles. The number of methoxy groups -OCH3 is 1. The van der Waals surface area contributed by atoms with Crippen molar-refractivity contribution in [3.63, 3.8) is 0 Å². The Hall–Kier alpha value is -2.67. The number of ether oxygens (including phenoxy) is 3. The number of carboxylic acids is 1. The predicted molar refractivity (Wildman–Crippen MR) is 101 cm³/mol. The molecule has 1 amide bonds. The van der Waals surface area contributed by atoms with Crippen molar-refractivity contribution in [2.45, 2.75) is 39.0 Å². The lowest BCUT2D eigenvalue weighted by Gasteiger charge is -2.16. The molecule has 0 aliphatic heterocycles. The number of carbonyl (C=O) groups is 3. The van der Waals surface area contributed by atoms with Crippen LogP contribution in [0.1, 0.15) is 19.4 Å². The van der Waals surface area contributed by atoms with Gasteiger partial charge >= 0.3 is 5.97 Å². The summed E-state index contributed by atoms with van der Waals surface area (Å²) in [5.41, 5.74) is 0.842. The Balaban J connectivity index is 0.000000734. The SMILES string of the molecule is COC(C(=O)O)C(C)O.[B]C(=O)OCc1ccc(O[C@@H](O)CO)c(NC(C)=O)c1. The van der Waals surface area contributed by atoms with Crippen molar-refractivity contribution >= 4 is 31.3 Å². The number of carbonyl (C=O) groups excluding carboxylic acids is 2. The first-order valence-corrected chi connectivity index (χ1v) is 8.23. The largest absolute Gasteiger partial charge is 0.479 e. The van der Waals surface area contributed by atoms with Gasteiger partial charge in [-0.3, -0.25) is 9.59 Å². The van der Waals surface area contributed by atoms with E-state index in [1.807, 2.05) is 0 Å². The van der Waals surface area contributed by atoms with Gasteiger partial charge in [0.15, 0.2) is 6.10 Å². The average molecular weight is 413 g/mol. The van der Waals surface area contributed by atoms with Gasteiger partial charge in [-0.2, -0.15) is 0 Å². The molecule has 3 atom stereocenters. The number of benzene rings is 1. The van der Waals surface area contributed by atoms with Crippen molar-refractivity contribution < 1.29 is 49.0 Å². The molecule has 5 N–H and O–H groups in total. The minimum atomic E-state index is -1.41. The second kappa shape index (κ2) is 13.5. The van der Waals surface area contributed by atoms with E-state index in [0.717, 1.165) is 0 Å². The van der Waals surface area contributed by atoms with Crippen LogP contribution in [0.4, 0.5) is 10.5 Å². The number of amides is 1. The normalized spacial score (nSPS) is 13.2. The van der Waals surface area contributed by atoms with Crippen molar-refractivity contribution in [1.29, 1.82) is 0 Å². The van der Waals surface area contributed by atoms with Gasteiger partial charge in [-0.05, 0) is 24.6 Å². The number of anilines is 1. The van der Waals surface area contributed by atoms with E-state index in [1.165, 1.54) is 33.1 Å². The number of hydrogen-bond donors (Lipinski definition) is 5. The summed E-state index contributed by atoms with van der Waals surface area (Å²) in [6.45, 7) is 2.01. The van der Waals surface area contributed by atoms with E-state index in [2.05, 4.69) is 14.8 Å². The molecule has 29 heavy (non-hydrogen) atoms. The number of rotatable bonds is 9. The number of hydrogen-bond acceptors (Lipinski definition) is 9.